The van der Waals surface area contributed by atoms with Crippen LogP contribution in [0.3, 0.4) is 0 Å². The van der Waals surface area contributed by atoms with E-state index in [9.17, 15) is 9.59 Å². The molecule has 5 aliphatic carbocycles. The predicted molar refractivity (Wildman–Crippen MR) is 309 cm³/mol. The zero-order valence-electron chi connectivity index (χ0n) is 39.8. The highest BCUT2D eigenvalue weighted by molar-refractivity contribution is 6.34. The first-order valence-corrected chi connectivity index (χ1v) is 25.1. The molecule has 5 aromatic rings. The van der Waals surface area contributed by atoms with Gasteiger partial charge in [0.15, 0.2) is 11.6 Å². The third-order valence-electron chi connectivity index (χ3n) is 13.1. The molecule has 3 atom stereocenters. The molecule has 0 bridgehead atoms. The summed E-state index contributed by atoms with van der Waals surface area (Å²) < 4.78 is 0. The zero-order chi connectivity index (χ0) is 47.1. The Balaban J connectivity index is 0.000000845. The second-order valence-electron chi connectivity index (χ2n) is 18.7. The lowest BCUT2D eigenvalue weighted by molar-refractivity contribution is 0.0963. The van der Waals surface area contributed by atoms with E-state index in [-0.39, 0.29) is 56.1 Å². The second kappa shape index (κ2) is 30.4. The normalized spacial score (nSPS) is 17.5. The highest BCUT2D eigenvalue weighted by atomic mass is 35.5. The molecule has 11 heteroatoms. The van der Waals surface area contributed by atoms with Gasteiger partial charge in [0, 0.05) is 68.4 Å². The van der Waals surface area contributed by atoms with E-state index >= 15 is 0 Å². The van der Waals surface area contributed by atoms with Crippen molar-refractivity contribution in [2.24, 2.45) is 0 Å². The Hall–Kier alpha value is -3.75. The minimum absolute atomic E-state index is 0. The number of carbonyl (C=O) groups excluding carboxylic acids is 2. The summed E-state index contributed by atoms with van der Waals surface area (Å²) in [4.78, 5) is 45.3. The van der Waals surface area contributed by atoms with Crippen LogP contribution in [0.15, 0.2) is 30.3 Å². The molecule has 71 heavy (non-hydrogen) atoms. The van der Waals surface area contributed by atoms with Gasteiger partial charge in [-0.15, -0.1) is 0 Å². The van der Waals surface area contributed by atoms with E-state index in [2.05, 4.69) is 65.6 Å². The number of rotatable bonds is 0. The molecule has 0 fully saturated rings. The van der Waals surface area contributed by atoms with Crippen molar-refractivity contribution in [1.82, 2.24) is 24.9 Å². The van der Waals surface area contributed by atoms with Crippen molar-refractivity contribution in [3.63, 3.8) is 0 Å². The molecular weight excluding hydrogens is 965 g/mol. The highest BCUT2D eigenvalue weighted by Gasteiger charge is 2.25. The molecule has 394 valence electrons. The number of fused-ring (bicyclic) bond motifs is 5. The van der Waals surface area contributed by atoms with Crippen molar-refractivity contribution >= 4 is 58.0 Å². The van der Waals surface area contributed by atoms with Crippen LogP contribution in [0.5, 0.6) is 0 Å². The van der Waals surface area contributed by atoms with Gasteiger partial charge < -0.3 is 0 Å². The average molecular weight is 1050 g/mol. The zero-order valence-corrected chi connectivity index (χ0v) is 42.8. The van der Waals surface area contributed by atoms with Crippen LogP contribution in [0.2, 0.25) is 20.1 Å². The maximum Gasteiger partial charge on any atom is 0.166 e. The Morgan fingerprint density at radius 1 is 0.366 bits per heavy atom. The molecule has 0 aliphatic heterocycles. The van der Waals surface area contributed by atoms with E-state index in [4.69, 9.17) is 46.4 Å². The Kier molecular flexibility index (Phi) is 28.8. The monoisotopic (exact) mass is 1050 g/mol. The van der Waals surface area contributed by atoms with Crippen LogP contribution >= 0.6 is 46.4 Å². The number of pyridine rings is 5. The number of nitrogens with zero attached hydrogens (tertiary/aromatic N) is 5. The molecule has 0 amide bonds. The van der Waals surface area contributed by atoms with Gasteiger partial charge in [-0.05, 0) is 195 Å². The van der Waals surface area contributed by atoms with Crippen LogP contribution < -0.4 is 0 Å². The van der Waals surface area contributed by atoms with Crippen molar-refractivity contribution in [2.45, 2.75) is 221 Å². The van der Waals surface area contributed by atoms with Crippen LogP contribution in [0.25, 0.3) is 0 Å². The van der Waals surface area contributed by atoms with E-state index in [1.807, 2.05) is 39.8 Å². The molecule has 0 saturated carbocycles. The summed E-state index contributed by atoms with van der Waals surface area (Å²) in [7, 11) is 0. The second-order valence-corrected chi connectivity index (χ2v) is 20.3. The van der Waals surface area contributed by atoms with Gasteiger partial charge in [0.1, 0.15) is 0 Å². The molecule has 0 radical (unpaired) electrons. The summed E-state index contributed by atoms with van der Waals surface area (Å²) in [6.07, 6.45) is 15.8. The third kappa shape index (κ3) is 17.2. The van der Waals surface area contributed by atoms with Crippen molar-refractivity contribution < 1.29 is 9.59 Å². The summed E-state index contributed by atoms with van der Waals surface area (Å²) >= 11 is 24.4. The first-order valence-electron chi connectivity index (χ1n) is 23.6. The Morgan fingerprint density at radius 3 is 0.986 bits per heavy atom. The smallest absolute Gasteiger partial charge is 0.166 e. The number of aromatic nitrogens is 5. The average Bonchev–Trinajstić information content (AvgIpc) is 3.21. The molecule has 0 aromatic carbocycles. The number of hydrogen-bond donors (Lipinski definition) is 0. The standard InChI is InChI=1S/C12H17N.2C11H14ClN.2C10H10ClNO.6CH4/c1-8-5-4-6-11-12(8)9(2)7-10(3)13-11;2*1-7-4-3-5-10-11(7)9(12)6-8(2)13-10;2*1-6-5-7(11)10-8(12-6)3-2-4-9(10)13;;;;;;/h7-8H,4-6H2,1-3H3;2*6-7H,3-5H2,1-2H3;2*5H,2-4H2,1H3;6*1H4. The number of hydrogen-bond acceptors (Lipinski definition) is 7. The van der Waals surface area contributed by atoms with Crippen LogP contribution in [0.1, 0.15) is 247 Å². The summed E-state index contributed by atoms with van der Waals surface area (Å²) in [6.45, 7) is 18.9. The maximum absolute atomic E-state index is 11.5. The van der Waals surface area contributed by atoms with E-state index < -0.39 is 0 Å². The van der Waals surface area contributed by atoms with Gasteiger partial charge in [-0.1, -0.05) is 112 Å². The van der Waals surface area contributed by atoms with Crippen LogP contribution in [0, 0.1) is 41.5 Å². The number of aryl methyl sites for hydroxylation is 11. The van der Waals surface area contributed by atoms with Gasteiger partial charge in [-0.3, -0.25) is 34.5 Å². The van der Waals surface area contributed by atoms with Gasteiger partial charge in [-0.25, -0.2) is 0 Å². The van der Waals surface area contributed by atoms with Crippen LogP contribution in [-0.2, 0) is 32.1 Å². The molecule has 5 heterocycles. The lowest BCUT2D eigenvalue weighted by Crippen LogP contribution is -2.13. The van der Waals surface area contributed by atoms with Gasteiger partial charge in [0.05, 0.1) is 32.6 Å². The summed E-state index contributed by atoms with van der Waals surface area (Å²) in [5, 5.41) is 2.95. The number of ketones is 2. The van der Waals surface area contributed by atoms with Crippen molar-refractivity contribution in [1.29, 1.82) is 0 Å². The lowest BCUT2D eigenvalue weighted by Gasteiger charge is -2.23. The van der Waals surface area contributed by atoms with E-state index in [0.29, 0.717) is 45.8 Å². The Labute approximate surface area is 451 Å². The van der Waals surface area contributed by atoms with Crippen molar-refractivity contribution in [3.8, 4) is 0 Å². The van der Waals surface area contributed by atoms with E-state index in [1.165, 1.54) is 90.0 Å². The summed E-state index contributed by atoms with van der Waals surface area (Å²) in [6, 6.07) is 9.66. The third-order valence-corrected chi connectivity index (χ3v) is 14.3. The summed E-state index contributed by atoms with van der Waals surface area (Å²) in [5.41, 5.74) is 17.4. The van der Waals surface area contributed by atoms with Gasteiger partial charge >= 0.3 is 0 Å². The van der Waals surface area contributed by atoms with Gasteiger partial charge in [-0.2, -0.15) is 0 Å². The van der Waals surface area contributed by atoms with E-state index in [1.54, 1.807) is 12.1 Å². The fraction of sp³-hybridized carbons (Fsp3) is 0.550. The van der Waals surface area contributed by atoms with Crippen molar-refractivity contribution in [2.75, 3.05) is 0 Å². The van der Waals surface area contributed by atoms with Gasteiger partial charge in [0.25, 0.3) is 0 Å². The first kappa shape index (κ1) is 67.2. The molecule has 0 saturated heterocycles. The van der Waals surface area contributed by atoms with Crippen LogP contribution in [0.4, 0.5) is 0 Å². The predicted octanol–water partition coefficient (Wildman–Crippen LogP) is 19.0. The fourth-order valence-electron chi connectivity index (χ4n) is 10.2. The molecule has 0 N–H and O–H groups in total. The molecular formula is C60H89Cl4N5O2. The maximum atomic E-state index is 11.5. The number of carbonyl (C=O) groups is 2. The highest BCUT2D eigenvalue weighted by Crippen LogP contribution is 2.37. The topological polar surface area (TPSA) is 98.6 Å². The lowest BCUT2D eigenvalue weighted by atomic mass is 9.84. The Bertz CT molecular complexity index is 2320. The first-order chi connectivity index (χ1) is 30.9. The van der Waals surface area contributed by atoms with Crippen LogP contribution in [-0.4, -0.2) is 36.5 Å². The molecule has 0 spiro atoms. The quantitative estimate of drug-likeness (QED) is 0.152. The number of halogens is 4. The SMILES string of the molecule is C.C.C.C.C.C.Cc1cc(C)c2c(n1)CCCC2C.Cc1cc(Cl)c2c(n1)CCCC2=O.Cc1cc(Cl)c2c(n1)CCCC2=O.Cc1cc(Cl)c2c(n1)CCCC2C.Cc1cc(Cl)c2c(n1)CCCC2C. The Morgan fingerprint density at radius 2 is 0.634 bits per heavy atom. The molecule has 5 aromatic heterocycles. The number of Topliss-reactive ketones (excluding diaryl/α,β-unsaturated/α-hetero) is 2. The molecule has 7 nitrogen and oxygen atoms in total. The minimum atomic E-state index is 0. The molecule has 3 unspecified atom stereocenters. The van der Waals surface area contributed by atoms with Crippen molar-refractivity contribution in [3.05, 3.63) is 141 Å². The van der Waals surface area contributed by atoms with Gasteiger partial charge in [0.2, 0.25) is 0 Å². The fourth-order valence-corrected chi connectivity index (χ4v) is 11.9. The molecule has 5 aliphatic rings. The van der Waals surface area contributed by atoms with E-state index in [0.717, 1.165) is 88.7 Å². The summed E-state index contributed by atoms with van der Waals surface area (Å²) in [5.74, 6) is 2.17. The largest absolute Gasteiger partial charge is 0.294 e. The molecule has 10 rings (SSSR count). The minimum Gasteiger partial charge on any atom is -0.294 e.